The molecule has 0 saturated heterocycles. The summed E-state index contributed by atoms with van der Waals surface area (Å²) < 4.78 is 25.7. The molecule has 4 nitrogen and oxygen atoms in total. The van der Waals surface area contributed by atoms with Crippen molar-refractivity contribution in [2.45, 2.75) is 63.5 Å². The quantitative estimate of drug-likeness (QED) is 0.316. The zero-order valence-electron chi connectivity index (χ0n) is 20.6. The summed E-state index contributed by atoms with van der Waals surface area (Å²) in [5.74, 6) is 0. The van der Waals surface area contributed by atoms with Crippen LogP contribution in [0, 0.1) is 0 Å². The molecule has 1 aliphatic carbocycles. The molecule has 4 heteroatoms. The maximum absolute atomic E-state index is 6.62. The molecule has 3 aromatic carbocycles. The molecule has 0 heterocycles. The van der Waals surface area contributed by atoms with Gasteiger partial charge in [-0.2, -0.15) is 0 Å². The third-order valence-electron chi connectivity index (χ3n) is 6.52. The van der Waals surface area contributed by atoms with Crippen molar-refractivity contribution < 1.29 is 18.9 Å². The topological polar surface area (TPSA) is 36.9 Å². The molecule has 35 heavy (non-hydrogen) atoms. The van der Waals surface area contributed by atoms with E-state index in [1.165, 1.54) is 0 Å². The fourth-order valence-corrected chi connectivity index (χ4v) is 4.60. The summed E-state index contributed by atoms with van der Waals surface area (Å²) in [6.45, 7) is 5.85. The van der Waals surface area contributed by atoms with Gasteiger partial charge in [-0.15, -0.1) is 0 Å². The van der Waals surface area contributed by atoms with Crippen LogP contribution in [0.25, 0.3) is 0 Å². The van der Waals surface area contributed by atoms with Crippen molar-refractivity contribution in [3.63, 3.8) is 0 Å². The second-order valence-corrected chi connectivity index (χ2v) is 9.06. The van der Waals surface area contributed by atoms with Crippen LogP contribution in [0.1, 0.15) is 36.0 Å². The standard InChI is InChI=1S/C31H36O4/c1-24-13-12-20-28(32-2)30(34-22-26-16-8-4-9-17-26)31(35-23-27-18-10-5-11-19-27)29(24)33-21-25-14-6-3-7-15-25/h3-11,14-19,28-31H,1,12-13,20-23H2,2H3/t28-,29-,30+,31+/m1/s1. The minimum atomic E-state index is -0.361. The predicted molar refractivity (Wildman–Crippen MR) is 139 cm³/mol. The second-order valence-electron chi connectivity index (χ2n) is 9.06. The van der Waals surface area contributed by atoms with E-state index in [1.54, 1.807) is 7.11 Å². The monoisotopic (exact) mass is 472 g/mol. The molecule has 0 radical (unpaired) electrons. The van der Waals surface area contributed by atoms with Gasteiger partial charge in [-0.1, -0.05) is 97.6 Å². The number of hydrogen-bond donors (Lipinski definition) is 0. The van der Waals surface area contributed by atoms with E-state index in [9.17, 15) is 0 Å². The number of methoxy groups -OCH3 is 1. The van der Waals surface area contributed by atoms with Gasteiger partial charge in [0.25, 0.3) is 0 Å². The van der Waals surface area contributed by atoms with Crippen molar-refractivity contribution in [3.05, 3.63) is 120 Å². The van der Waals surface area contributed by atoms with E-state index in [4.69, 9.17) is 18.9 Å². The maximum Gasteiger partial charge on any atom is 0.117 e. The van der Waals surface area contributed by atoms with Crippen LogP contribution >= 0.6 is 0 Å². The van der Waals surface area contributed by atoms with Gasteiger partial charge < -0.3 is 18.9 Å². The normalized spacial score (nSPS) is 22.9. The summed E-state index contributed by atoms with van der Waals surface area (Å²) in [6, 6.07) is 30.7. The first-order valence-corrected chi connectivity index (χ1v) is 12.4. The Morgan fingerprint density at radius 2 is 1.11 bits per heavy atom. The van der Waals surface area contributed by atoms with Crippen LogP contribution in [-0.4, -0.2) is 31.5 Å². The molecule has 3 aromatic rings. The van der Waals surface area contributed by atoms with Crippen molar-refractivity contribution in [3.8, 4) is 0 Å². The summed E-state index contributed by atoms with van der Waals surface area (Å²) in [6.07, 6.45) is 1.65. The molecule has 1 saturated carbocycles. The van der Waals surface area contributed by atoms with Crippen LogP contribution in [0.5, 0.6) is 0 Å². The van der Waals surface area contributed by atoms with Gasteiger partial charge in [0.05, 0.1) is 25.9 Å². The van der Waals surface area contributed by atoms with E-state index in [0.717, 1.165) is 41.5 Å². The molecule has 1 fully saturated rings. The lowest BCUT2D eigenvalue weighted by atomic mass is 9.88. The van der Waals surface area contributed by atoms with Crippen molar-refractivity contribution in [2.24, 2.45) is 0 Å². The Balaban J connectivity index is 1.60. The van der Waals surface area contributed by atoms with E-state index in [0.29, 0.717) is 19.8 Å². The molecule has 0 amide bonds. The molecule has 4 rings (SSSR count). The first-order valence-electron chi connectivity index (χ1n) is 12.4. The molecule has 0 aliphatic heterocycles. The van der Waals surface area contributed by atoms with Gasteiger partial charge in [-0.25, -0.2) is 0 Å². The Labute approximate surface area is 209 Å². The molecule has 0 unspecified atom stereocenters. The average Bonchev–Trinajstić information content (AvgIpc) is 2.91. The number of ether oxygens (including phenoxy) is 4. The fourth-order valence-electron chi connectivity index (χ4n) is 4.60. The highest BCUT2D eigenvalue weighted by Crippen LogP contribution is 2.31. The van der Waals surface area contributed by atoms with Crippen LogP contribution in [0.3, 0.4) is 0 Å². The summed E-state index contributed by atoms with van der Waals surface area (Å²) >= 11 is 0. The van der Waals surface area contributed by atoms with Crippen molar-refractivity contribution in [1.82, 2.24) is 0 Å². The zero-order valence-corrected chi connectivity index (χ0v) is 20.6. The van der Waals surface area contributed by atoms with Crippen LogP contribution in [0.2, 0.25) is 0 Å². The van der Waals surface area contributed by atoms with E-state index in [2.05, 4.69) is 43.0 Å². The zero-order chi connectivity index (χ0) is 24.3. The van der Waals surface area contributed by atoms with Gasteiger partial charge >= 0.3 is 0 Å². The smallest absolute Gasteiger partial charge is 0.117 e. The Morgan fingerprint density at radius 3 is 1.60 bits per heavy atom. The maximum atomic E-state index is 6.62. The van der Waals surface area contributed by atoms with Crippen LogP contribution < -0.4 is 0 Å². The third-order valence-corrected chi connectivity index (χ3v) is 6.52. The molecule has 0 N–H and O–H groups in total. The fraction of sp³-hybridized carbons (Fsp3) is 0.355. The number of rotatable bonds is 10. The Kier molecular flexibility index (Phi) is 9.67. The minimum absolute atomic E-state index is 0.101. The van der Waals surface area contributed by atoms with Crippen molar-refractivity contribution in [1.29, 1.82) is 0 Å². The number of benzene rings is 3. The lowest BCUT2D eigenvalue weighted by molar-refractivity contribution is -0.181. The van der Waals surface area contributed by atoms with Gasteiger partial charge in [0.1, 0.15) is 18.3 Å². The van der Waals surface area contributed by atoms with Gasteiger partial charge in [-0.3, -0.25) is 0 Å². The summed E-state index contributed by atoms with van der Waals surface area (Å²) in [5.41, 5.74) is 4.39. The van der Waals surface area contributed by atoms with Gasteiger partial charge in [-0.05, 0) is 41.5 Å². The molecule has 184 valence electrons. The molecule has 0 bridgehead atoms. The summed E-state index contributed by atoms with van der Waals surface area (Å²) in [4.78, 5) is 0. The van der Waals surface area contributed by atoms with Crippen LogP contribution in [-0.2, 0) is 38.8 Å². The Bertz CT molecular complexity index is 1010. The predicted octanol–water partition coefficient (Wildman–Crippen LogP) is 6.50. The minimum Gasteiger partial charge on any atom is -0.379 e. The van der Waals surface area contributed by atoms with Crippen LogP contribution in [0.4, 0.5) is 0 Å². The van der Waals surface area contributed by atoms with E-state index in [-0.39, 0.29) is 24.4 Å². The first kappa shape index (κ1) is 25.3. The molecule has 0 aromatic heterocycles. The molecular weight excluding hydrogens is 436 g/mol. The lowest BCUT2D eigenvalue weighted by Crippen LogP contribution is -2.50. The SMILES string of the molecule is C=C1CCC[C@@H](OC)[C@H](OCc2ccccc2)[C@@H](OCc2ccccc2)[C@@H]1OCc1ccccc1. The molecule has 1 aliphatic rings. The first-order chi connectivity index (χ1) is 17.2. The summed E-state index contributed by atoms with van der Waals surface area (Å²) in [5, 5.41) is 0. The highest BCUT2D eigenvalue weighted by Gasteiger charge is 2.40. The molecule has 0 spiro atoms. The Morgan fingerprint density at radius 1 is 0.657 bits per heavy atom. The third kappa shape index (κ3) is 7.36. The molecule has 4 atom stereocenters. The van der Waals surface area contributed by atoms with E-state index < -0.39 is 0 Å². The Hall–Kier alpha value is -2.76. The van der Waals surface area contributed by atoms with Gasteiger partial charge in [0.15, 0.2) is 0 Å². The highest BCUT2D eigenvalue weighted by atomic mass is 16.6. The van der Waals surface area contributed by atoms with Crippen LogP contribution in [0.15, 0.2) is 103 Å². The average molecular weight is 473 g/mol. The largest absolute Gasteiger partial charge is 0.379 e. The summed E-state index contributed by atoms with van der Waals surface area (Å²) in [7, 11) is 1.76. The van der Waals surface area contributed by atoms with Crippen molar-refractivity contribution in [2.75, 3.05) is 7.11 Å². The van der Waals surface area contributed by atoms with E-state index in [1.807, 2.05) is 54.6 Å². The van der Waals surface area contributed by atoms with Gasteiger partial charge in [0.2, 0.25) is 0 Å². The number of hydrogen-bond acceptors (Lipinski definition) is 4. The highest BCUT2D eigenvalue weighted by molar-refractivity contribution is 5.17. The van der Waals surface area contributed by atoms with E-state index >= 15 is 0 Å². The molecular formula is C31H36O4. The van der Waals surface area contributed by atoms with Gasteiger partial charge in [0, 0.05) is 7.11 Å². The lowest BCUT2D eigenvalue weighted by Gasteiger charge is -2.40. The van der Waals surface area contributed by atoms with Crippen molar-refractivity contribution >= 4 is 0 Å². The second kappa shape index (κ2) is 13.4.